The number of benzene rings is 3. The maximum Gasteiger partial charge on any atom is 0.101 e. The SMILES string of the molecule is N#Cc1ccccc1Sc1ccc(Sc2cccc(S)c2C#N)cc1. The third-order valence-corrected chi connectivity index (χ3v) is 5.93. The lowest BCUT2D eigenvalue weighted by atomic mass is 10.2. The zero-order valence-corrected chi connectivity index (χ0v) is 15.5. The Balaban J connectivity index is 1.79. The number of nitriles is 2. The first-order valence-corrected chi connectivity index (χ1v) is 9.46. The highest BCUT2D eigenvalue weighted by Crippen LogP contribution is 2.35. The molecule has 3 aromatic rings. The summed E-state index contributed by atoms with van der Waals surface area (Å²) in [5.41, 5.74) is 1.27. The summed E-state index contributed by atoms with van der Waals surface area (Å²) in [5.74, 6) is 0. The molecule has 0 heterocycles. The Kier molecular flexibility index (Phi) is 5.73. The van der Waals surface area contributed by atoms with E-state index in [2.05, 4.69) is 24.8 Å². The van der Waals surface area contributed by atoms with Crippen molar-refractivity contribution < 1.29 is 0 Å². The Morgan fingerprint density at radius 2 is 1.28 bits per heavy atom. The second-order valence-corrected chi connectivity index (χ2v) is 7.76. The molecule has 0 aliphatic heterocycles. The topological polar surface area (TPSA) is 47.6 Å². The summed E-state index contributed by atoms with van der Waals surface area (Å²) in [6.07, 6.45) is 0. The van der Waals surface area contributed by atoms with Crippen molar-refractivity contribution in [2.75, 3.05) is 0 Å². The fraction of sp³-hybridized carbons (Fsp3) is 0. The first kappa shape index (κ1) is 17.5. The Morgan fingerprint density at radius 3 is 1.92 bits per heavy atom. The van der Waals surface area contributed by atoms with Gasteiger partial charge in [-0.15, -0.1) is 12.6 Å². The summed E-state index contributed by atoms with van der Waals surface area (Å²) in [5, 5.41) is 18.5. The first-order chi connectivity index (χ1) is 12.2. The van der Waals surface area contributed by atoms with Crippen molar-refractivity contribution in [3.05, 3.63) is 77.9 Å². The smallest absolute Gasteiger partial charge is 0.101 e. The van der Waals surface area contributed by atoms with Gasteiger partial charge in [0.2, 0.25) is 0 Å². The van der Waals surface area contributed by atoms with Crippen molar-refractivity contribution in [3.63, 3.8) is 0 Å². The van der Waals surface area contributed by atoms with E-state index in [0.717, 1.165) is 19.6 Å². The fourth-order valence-electron chi connectivity index (χ4n) is 2.19. The summed E-state index contributed by atoms with van der Waals surface area (Å²) in [6.45, 7) is 0. The van der Waals surface area contributed by atoms with Crippen LogP contribution in [0.2, 0.25) is 0 Å². The van der Waals surface area contributed by atoms with Crippen molar-refractivity contribution >= 4 is 36.2 Å². The van der Waals surface area contributed by atoms with E-state index in [1.807, 2.05) is 66.7 Å². The predicted octanol–water partition coefficient (Wildman–Crippen LogP) is 6.02. The lowest BCUT2D eigenvalue weighted by Gasteiger charge is -2.07. The van der Waals surface area contributed by atoms with Gasteiger partial charge in [0.15, 0.2) is 0 Å². The van der Waals surface area contributed by atoms with E-state index in [1.165, 1.54) is 0 Å². The van der Waals surface area contributed by atoms with Crippen LogP contribution in [0, 0.1) is 22.7 Å². The van der Waals surface area contributed by atoms with Crippen LogP contribution >= 0.6 is 36.2 Å². The first-order valence-electron chi connectivity index (χ1n) is 7.38. The quantitative estimate of drug-likeness (QED) is 0.566. The second kappa shape index (κ2) is 8.18. The van der Waals surface area contributed by atoms with Gasteiger partial charge >= 0.3 is 0 Å². The summed E-state index contributed by atoms with van der Waals surface area (Å²) in [7, 11) is 0. The normalized spacial score (nSPS) is 10.0. The lowest BCUT2D eigenvalue weighted by Crippen LogP contribution is -1.84. The van der Waals surface area contributed by atoms with Gasteiger partial charge in [0.05, 0.1) is 11.1 Å². The summed E-state index contributed by atoms with van der Waals surface area (Å²) in [4.78, 5) is 4.64. The number of hydrogen-bond donors (Lipinski definition) is 1. The Morgan fingerprint density at radius 1 is 0.680 bits per heavy atom. The standard InChI is InChI=1S/C20H12N2S3/c21-12-14-4-1-2-6-19(14)24-15-8-10-16(11-9-15)25-20-7-3-5-18(23)17(20)13-22/h1-11,23H. The lowest BCUT2D eigenvalue weighted by molar-refractivity contribution is 1.25. The molecule has 2 nitrogen and oxygen atoms in total. The van der Waals surface area contributed by atoms with Crippen molar-refractivity contribution in [2.45, 2.75) is 24.5 Å². The van der Waals surface area contributed by atoms with Crippen LogP contribution in [0.1, 0.15) is 11.1 Å². The van der Waals surface area contributed by atoms with Gasteiger partial charge < -0.3 is 0 Å². The molecule has 0 atom stereocenters. The third-order valence-electron chi connectivity index (χ3n) is 3.40. The average molecular weight is 377 g/mol. The van der Waals surface area contributed by atoms with Crippen LogP contribution in [0.25, 0.3) is 0 Å². The number of nitrogens with zero attached hydrogens (tertiary/aromatic N) is 2. The van der Waals surface area contributed by atoms with Crippen LogP contribution in [0.4, 0.5) is 0 Å². The minimum Gasteiger partial charge on any atom is -0.192 e. The molecule has 0 saturated heterocycles. The van der Waals surface area contributed by atoms with Gasteiger partial charge in [-0.05, 0) is 48.5 Å². The molecule has 25 heavy (non-hydrogen) atoms. The summed E-state index contributed by atoms with van der Waals surface area (Å²) >= 11 is 7.45. The highest BCUT2D eigenvalue weighted by molar-refractivity contribution is 8.00. The zero-order valence-electron chi connectivity index (χ0n) is 13.0. The summed E-state index contributed by atoms with van der Waals surface area (Å²) in [6, 6.07) is 25.7. The van der Waals surface area contributed by atoms with E-state index in [-0.39, 0.29) is 0 Å². The van der Waals surface area contributed by atoms with E-state index in [1.54, 1.807) is 23.5 Å². The van der Waals surface area contributed by atoms with Gasteiger partial charge in [-0.1, -0.05) is 41.7 Å². The summed E-state index contributed by atoms with van der Waals surface area (Å²) < 4.78 is 0. The molecule has 0 amide bonds. The predicted molar refractivity (Wildman–Crippen MR) is 104 cm³/mol. The Hall–Kier alpha value is -2.31. The van der Waals surface area contributed by atoms with E-state index < -0.39 is 0 Å². The van der Waals surface area contributed by atoms with E-state index >= 15 is 0 Å². The van der Waals surface area contributed by atoms with Crippen molar-refractivity contribution in [2.24, 2.45) is 0 Å². The van der Waals surface area contributed by atoms with Crippen LogP contribution in [0.3, 0.4) is 0 Å². The van der Waals surface area contributed by atoms with Crippen LogP contribution in [-0.4, -0.2) is 0 Å². The molecule has 0 N–H and O–H groups in total. The van der Waals surface area contributed by atoms with E-state index in [0.29, 0.717) is 16.0 Å². The van der Waals surface area contributed by atoms with E-state index in [4.69, 9.17) is 0 Å². The fourth-order valence-corrected chi connectivity index (χ4v) is 4.35. The zero-order chi connectivity index (χ0) is 17.6. The van der Waals surface area contributed by atoms with Crippen LogP contribution in [0.5, 0.6) is 0 Å². The minimum absolute atomic E-state index is 0.595. The molecule has 3 rings (SSSR count). The molecule has 3 aromatic carbocycles. The molecule has 120 valence electrons. The highest BCUT2D eigenvalue weighted by Gasteiger charge is 2.08. The van der Waals surface area contributed by atoms with Crippen LogP contribution < -0.4 is 0 Å². The third kappa shape index (κ3) is 4.21. The maximum absolute atomic E-state index is 9.29. The molecule has 0 aliphatic rings. The van der Waals surface area contributed by atoms with Crippen molar-refractivity contribution in [1.82, 2.24) is 0 Å². The van der Waals surface area contributed by atoms with E-state index in [9.17, 15) is 10.5 Å². The number of thiol groups is 1. The second-order valence-electron chi connectivity index (χ2n) is 5.05. The van der Waals surface area contributed by atoms with Gasteiger partial charge in [0.25, 0.3) is 0 Å². The molecule has 0 bridgehead atoms. The van der Waals surface area contributed by atoms with Crippen LogP contribution in [-0.2, 0) is 0 Å². The number of rotatable bonds is 4. The molecule has 0 aromatic heterocycles. The van der Waals surface area contributed by atoms with Crippen molar-refractivity contribution in [3.8, 4) is 12.1 Å². The molecular formula is C20H12N2S3. The largest absolute Gasteiger partial charge is 0.192 e. The van der Waals surface area contributed by atoms with Gasteiger partial charge in [0.1, 0.15) is 12.1 Å². The molecular weight excluding hydrogens is 364 g/mol. The average Bonchev–Trinajstić information content (AvgIpc) is 2.64. The maximum atomic E-state index is 9.29. The Labute approximate surface area is 160 Å². The van der Waals surface area contributed by atoms with Gasteiger partial charge in [-0.25, -0.2) is 0 Å². The molecule has 0 saturated carbocycles. The van der Waals surface area contributed by atoms with Gasteiger partial charge in [-0.2, -0.15) is 10.5 Å². The Bertz CT molecular complexity index is 983. The molecule has 0 spiro atoms. The van der Waals surface area contributed by atoms with Gasteiger partial charge in [-0.3, -0.25) is 0 Å². The molecule has 5 heteroatoms. The van der Waals surface area contributed by atoms with Gasteiger partial charge in [0, 0.05) is 24.5 Å². The molecule has 0 unspecified atom stereocenters. The van der Waals surface area contributed by atoms with Crippen LogP contribution in [0.15, 0.2) is 91.2 Å². The molecule has 0 fully saturated rings. The van der Waals surface area contributed by atoms with Crippen molar-refractivity contribution in [1.29, 1.82) is 10.5 Å². The highest BCUT2D eigenvalue weighted by atomic mass is 32.2. The minimum atomic E-state index is 0.595. The molecule has 0 aliphatic carbocycles. The number of hydrogen-bond acceptors (Lipinski definition) is 5. The monoisotopic (exact) mass is 376 g/mol. The molecule has 0 radical (unpaired) electrons.